The number of unbranched alkanes of at least 4 members (excludes halogenated alkanes) is 1. The zero-order valence-electron chi connectivity index (χ0n) is 19.6. The molecule has 10 heteroatoms. The molecule has 190 valence electrons. The fourth-order valence-electron chi connectivity index (χ4n) is 5.77. The van der Waals surface area contributed by atoms with Crippen LogP contribution in [-0.2, 0) is 23.9 Å². The van der Waals surface area contributed by atoms with Crippen molar-refractivity contribution in [3.05, 3.63) is 41.9 Å². The van der Waals surface area contributed by atoms with Gasteiger partial charge in [-0.05, 0) is 50.5 Å². The maximum Gasteiger partial charge on any atom is 0.312 e. The fourth-order valence-corrected chi connectivity index (χ4v) is 6.84. The lowest BCUT2D eigenvalue weighted by Crippen LogP contribution is -2.57. The first-order valence-corrected chi connectivity index (χ1v) is 13.2. The molecule has 4 rings (SSSR count). The number of amides is 2. The first-order valence-electron chi connectivity index (χ1n) is 11.9. The Bertz CT molecular complexity index is 991. The molecule has 0 saturated carbocycles. The maximum absolute atomic E-state index is 14.2. The average molecular weight is 570 g/mol. The van der Waals surface area contributed by atoms with E-state index in [-0.39, 0.29) is 42.9 Å². The second kappa shape index (κ2) is 10.6. The van der Waals surface area contributed by atoms with Crippen molar-refractivity contribution < 1.29 is 29.0 Å². The van der Waals surface area contributed by atoms with Crippen molar-refractivity contribution >= 4 is 51.0 Å². The van der Waals surface area contributed by atoms with Crippen LogP contribution < -0.4 is 4.90 Å². The molecular formula is C25H30BrClN2O6. The molecule has 1 unspecified atom stereocenters. The molecule has 35 heavy (non-hydrogen) atoms. The molecule has 3 fully saturated rings. The predicted molar refractivity (Wildman–Crippen MR) is 134 cm³/mol. The van der Waals surface area contributed by atoms with Crippen LogP contribution in [0.1, 0.15) is 26.2 Å². The summed E-state index contributed by atoms with van der Waals surface area (Å²) in [4.78, 5) is 43.9. The Hall–Kier alpha value is -1.94. The number of likely N-dealkylation sites (tertiary alicyclic amines) is 1. The lowest BCUT2D eigenvalue weighted by Gasteiger charge is -2.37. The average Bonchev–Trinajstić information content (AvgIpc) is 3.42. The third-order valence-corrected chi connectivity index (χ3v) is 8.20. The normalized spacial score (nSPS) is 30.9. The van der Waals surface area contributed by atoms with Crippen molar-refractivity contribution in [2.45, 2.75) is 48.8 Å². The molecule has 1 aromatic carbocycles. The van der Waals surface area contributed by atoms with Gasteiger partial charge in [-0.2, -0.15) is 0 Å². The van der Waals surface area contributed by atoms with Crippen LogP contribution in [0.4, 0.5) is 5.69 Å². The third kappa shape index (κ3) is 4.41. The molecule has 3 saturated heterocycles. The molecule has 0 aliphatic carbocycles. The van der Waals surface area contributed by atoms with Gasteiger partial charge in [0.2, 0.25) is 5.91 Å². The summed E-state index contributed by atoms with van der Waals surface area (Å²) in [6.45, 7) is 6.18. The largest absolute Gasteiger partial charge is 0.466 e. The first kappa shape index (κ1) is 26.1. The van der Waals surface area contributed by atoms with Gasteiger partial charge in [0.15, 0.2) is 0 Å². The van der Waals surface area contributed by atoms with Crippen molar-refractivity contribution in [1.29, 1.82) is 0 Å². The summed E-state index contributed by atoms with van der Waals surface area (Å²) in [6.07, 6.45) is 2.49. The van der Waals surface area contributed by atoms with Crippen molar-refractivity contribution in [3.8, 4) is 0 Å². The minimum absolute atomic E-state index is 0.0178. The lowest BCUT2D eigenvalue weighted by atomic mass is 9.70. The molecule has 1 spiro atoms. The van der Waals surface area contributed by atoms with Crippen LogP contribution in [0.25, 0.3) is 0 Å². The summed E-state index contributed by atoms with van der Waals surface area (Å²) in [5.74, 6) is -2.67. The Labute approximate surface area is 218 Å². The predicted octanol–water partition coefficient (Wildman–Crippen LogP) is 2.94. The highest BCUT2D eigenvalue weighted by Crippen LogP contribution is 2.60. The number of hydrogen-bond donors (Lipinski definition) is 1. The topological polar surface area (TPSA) is 96.4 Å². The van der Waals surface area contributed by atoms with E-state index in [9.17, 15) is 19.5 Å². The van der Waals surface area contributed by atoms with Crippen LogP contribution in [0.15, 0.2) is 36.9 Å². The molecule has 8 nitrogen and oxygen atoms in total. The van der Waals surface area contributed by atoms with Crippen LogP contribution in [0.2, 0.25) is 5.02 Å². The van der Waals surface area contributed by atoms with E-state index in [0.29, 0.717) is 30.0 Å². The highest BCUT2D eigenvalue weighted by Gasteiger charge is 2.77. The molecule has 3 aliphatic rings. The van der Waals surface area contributed by atoms with Gasteiger partial charge in [-0.3, -0.25) is 14.4 Å². The Morgan fingerprint density at radius 1 is 1.37 bits per heavy atom. The van der Waals surface area contributed by atoms with Gasteiger partial charge in [0.1, 0.15) is 11.6 Å². The van der Waals surface area contributed by atoms with E-state index in [2.05, 4.69) is 22.5 Å². The summed E-state index contributed by atoms with van der Waals surface area (Å²) in [7, 11) is 0. The lowest BCUT2D eigenvalue weighted by molar-refractivity contribution is -0.154. The van der Waals surface area contributed by atoms with Crippen molar-refractivity contribution in [2.75, 3.05) is 31.2 Å². The van der Waals surface area contributed by atoms with Gasteiger partial charge in [-0.15, -0.1) is 6.58 Å². The number of ether oxygens (including phenoxy) is 2. The monoisotopic (exact) mass is 568 g/mol. The van der Waals surface area contributed by atoms with Crippen LogP contribution in [0, 0.1) is 11.8 Å². The van der Waals surface area contributed by atoms with Crippen LogP contribution in [0.3, 0.4) is 0 Å². The van der Waals surface area contributed by atoms with Crippen molar-refractivity contribution in [1.82, 2.24) is 4.90 Å². The fraction of sp³-hybridized carbons (Fsp3) is 0.560. The minimum Gasteiger partial charge on any atom is -0.466 e. The second-order valence-corrected chi connectivity index (χ2v) is 10.7. The number of aliphatic hydroxyl groups excluding tert-OH is 1. The van der Waals surface area contributed by atoms with Gasteiger partial charge >= 0.3 is 5.97 Å². The number of nitrogens with zero attached hydrogens (tertiary/aromatic N) is 2. The number of aliphatic hydroxyl groups is 1. The Kier molecular flexibility index (Phi) is 7.90. The van der Waals surface area contributed by atoms with Crippen molar-refractivity contribution in [2.24, 2.45) is 11.8 Å². The molecule has 1 aromatic rings. The van der Waals surface area contributed by atoms with E-state index in [1.54, 1.807) is 47.1 Å². The number of carbonyl (C=O) groups excluding carboxylic acids is 3. The van der Waals surface area contributed by atoms with Gasteiger partial charge in [0.05, 0.1) is 24.5 Å². The molecule has 1 N–H and O–H groups in total. The number of anilines is 1. The van der Waals surface area contributed by atoms with E-state index in [1.807, 2.05) is 0 Å². The Balaban J connectivity index is 1.77. The van der Waals surface area contributed by atoms with E-state index in [1.165, 1.54) is 0 Å². The molecule has 0 radical (unpaired) electrons. The van der Waals surface area contributed by atoms with Crippen LogP contribution in [-0.4, -0.2) is 76.7 Å². The molecule has 2 amide bonds. The number of carbonyl (C=O) groups is 3. The minimum atomic E-state index is -1.16. The number of rotatable bonds is 10. The van der Waals surface area contributed by atoms with Crippen molar-refractivity contribution in [3.63, 3.8) is 0 Å². The summed E-state index contributed by atoms with van der Waals surface area (Å²) in [5, 5.41) is 9.83. The highest BCUT2D eigenvalue weighted by atomic mass is 79.9. The summed E-state index contributed by atoms with van der Waals surface area (Å²) in [5.41, 5.74) is -0.540. The number of benzene rings is 1. The Morgan fingerprint density at radius 3 is 2.71 bits per heavy atom. The number of fused-ring (bicyclic) bond motifs is 1. The van der Waals surface area contributed by atoms with Gasteiger partial charge in [0.25, 0.3) is 5.91 Å². The van der Waals surface area contributed by atoms with Crippen LogP contribution in [0.5, 0.6) is 0 Å². The molecule has 2 bridgehead atoms. The maximum atomic E-state index is 14.2. The van der Waals surface area contributed by atoms with E-state index >= 15 is 0 Å². The molecular weight excluding hydrogens is 540 g/mol. The highest BCUT2D eigenvalue weighted by molar-refractivity contribution is 9.09. The second-order valence-electron chi connectivity index (χ2n) is 9.09. The van der Waals surface area contributed by atoms with Crippen LogP contribution >= 0.6 is 27.5 Å². The SMILES string of the molecule is C=CCN(C(=O)[C@@H]1N(CCCCO)C(=O)[C@H]2[C@H](C(=O)OCC)[C@H]3O[C@@]12CC3Br)c1ccc(Cl)cc1. The standard InChI is InChI=1S/C25H30BrClN2O6/c1-3-11-28(16-9-7-15(27)8-10-16)23(32)21-25-14-17(26)20(35-25)18(24(33)34-4-2)19(25)22(31)29(21)12-5-6-13-30/h3,7-10,17-21,30H,1,4-6,11-14H2,2H3/t17?,18-,19+,20-,21-,25+/m0/s1. The molecule has 6 atom stereocenters. The quantitative estimate of drug-likeness (QED) is 0.201. The number of hydrogen-bond acceptors (Lipinski definition) is 6. The summed E-state index contributed by atoms with van der Waals surface area (Å²) < 4.78 is 11.8. The number of esters is 1. The Morgan fingerprint density at radius 2 is 2.09 bits per heavy atom. The first-order chi connectivity index (χ1) is 16.8. The third-order valence-electron chi connectivity index (χ3n) is 7.10. The molecule has 3 heterocycles. The zero-order chi connectivity index (χ0) is 25.3. The summed E-state index contributed by atoms with van der Waals surface area (Å²) in [6, 6.07) is 5.95. The zero-order valence-corrected chi connectivity index (χ0v) is 21.9. The van der Waals surface area contributed by atoms with Gasteiger partial charge < -0.3 is 24.4 Å². The van der Waals surface area contributed by atoms with E-state index in [4.69, 9.17) is 21.1 Å². The van der Waals surface area contributed by atoms with E-state index in [0.717, 1.165) is 0 Å². The van der Waals surface area contributed by atoms with Gasteiger partial charge in [0, 0.05) is 35.2 Å². The number of halogens is 2. The van der Waals surface area contributed by atoms with Gasteiger partial charge in [-0.1, -0.05) is 33.6 Å². The summed E-state index contributed by atoms with van der Waals surface area (Å²) >= 11 is 9.69. The molecule has 0 aromatic heterocycles. The smallest absolute Gasteiger partial charge is 0.312 e. The van der Waals surface area contributed by atoms with Gasteiger partial charge in [-0.25, -0.2) is 0 Å². The molecule has 3 aliphatic heterocycles. The van der Waals surface area contributed by atoms with E-state index < -0.39 is 35.6 Å². The number of alkyl halides is 1.